The van der Waals surface area contributed by atoms with Gasteiger partial charge in [0.2, 0.25) is 0 Å². The van der Waals surface area contributed by atoms with Crippen molar-refractivity contribution in [2.45, 2.75) is 38.3 Å². The Morgan fingerprint density at radius 2 is 2.05 bits per heavy atom. The van der Waals surface area contributed by atoms with Gasteiger partial charge in [0.15, 0.2) is 0 Å². The Balaban J connectivity index is 2.50. The van der Waals surface area contributed by atoms with E-state index in [2.05, 4.69) is 10.6 Å². The van der Waals surface area contributed by atoms with E-state index in [-0.39, 0.29) is 18.9 Å². The van der Waals surface area contributed by atoms with Crippen LogP contribution < -0.4 is 10.6 Å². The molecule has 0 spiro atoms. The van der Waals surface area contributed by atoms with Crippen molar-refractivity contribution in [1.29, 1.82) is 0 Å². The SMILES string of the molecule is CCOCC(C)NC(=O)NC1(C(=O)O)CCOCC1. The highest BCUT2D eigenvalue weighted by Gasteiger charge is 2.41. The van der Waals surface area contributed by atoms with E-state index in [0.717, 1.165) is 0 Å². The lowest BCUT2D eigenvalue weighted by atomic mass is 9.90. The zero-order valence-corrected chi connectivity index (χ0v) is 11.4. The van der Waals surface area contributed by atoms with Crippen molar-refractivity contribution in [3.8, 4) is 0 Å². The van der Waals surface area contributed by atoms with Gasteiger partial charge in [-0.3, -0.25) is 0 Å². The number of carbonyl (C=O) groups excluding carboxylic acids is 1. The number of amides is 2. The first-order valence-corrected chi connectivity index (χ1v) is 6.48. The molecule has 110 valence electrons. The Morgan fingerprint density at radius 3 is 2.58 bits per heavy atom. The van der Waals surface area contributed by atoms with Gasteiger partial charge in [0.25, 0.3) is 0 Å². The number of urea groups is 1. The summed E-state index contributed by atoms with van der Waals surface area (Å²) in [7, 11) is 0. The molecule has 1 rings (SSSR count). The van der Waals surface area contributed by atoms with Crippen LogP contribution in [0.1, 0.15) is 26.7 Å². The molecule has 2 amide bonds. The van der Waals surface area contributed by atoms with Crippen molar-refractivity contribution in [2.24, 2.45) is 0 Å². The summed E-state index contributed by atoms with van der Waals surface area (Å²) in [5.41, 5.74) is -1.23. The van der Waals surface area contributed by atoms with Crippen LogP contribution in [-0.2, 0) is 14.3 Å². The highest BCUT2D eigenvalue weighted by atomic mass is 16.5. The van der Waals surface area contributed by atoms with Crippen molar-refractivity contribution >= 4 is 12.0 Å². The zero-order chi connectivity index (χ0) is 14.3. The molecule has 1 atom stereocenters. The molecule has 19 heavy (non-hydrogen) atoms. The minimum Gasteiger partial charge on any atom is -0.480 e. The Hall–Kier alpha value is -1.34. The molecule has 1 fully saturated rings. The summed E-state index contributed by atoms with van der Waals surface area (Å²) in [6, 6.07) is -0.665. The molecule has 3 N–H and O–H groups in total. The molecule has 7 nitrogen and oxygen atoms in total. The third-order valence-corrected chi connectivity index (χ3v) is 3.06. The molecule has 1 aliphatic rings. The van der Waals surface area contributed by atoms with Crippen LogP contribution in [0.5, 0.6) is 0 Å². The first kappa shape index (κ1) is 15.7. The maximum absolute atomic E-state index is 11.8. The lowest BCUT2D eigenvalue weighted by Crippen LogP contribution is -2.60. The summed E-state index contributed by atoms with van der Waals surface area (Å²) in [6.45, 7) is 5.31. The van der Waals surface area contributed by atoms with Crippen LogP contribution in [-0.4, -0.2) is 55.1 Å². The highest BCUT2D eigenvalue weighted by Crippen LogP contribution is 2.20. The predicted octanol–water partition coefficient (Wildman–Crippen LogP) is 0.344. The number of nitrogens with one attached hydrogen (secondary N) is 2. The fraction of sp³-hybridized carbons (Fsp3) is 0.833. The molecule has 7 heteroatoms. The number of hydrogen-bond acceptors (Lipinski definition) is 4. The van der Waals surface area contributed by atoms with Gasteiger partial charge in [0, 0.05) is 32.7 Å². The monoisotopic (exact) mass is 274 g/mol. The van der Waals surface area contributed by atoms with Crippen LogP contribution in [0.4, 0.5) is 4.79 Å². The normalized spacial score (nSPS) is 19.5. The standard InChI is InChI=1S/C12H22N2O5/c1-3-18-8-9(2)13-11(17)14-12(10(15)16)4-6-19-7-5-12/h9H,3-8H2,1-2H3,(H,15,16)(H2,13,14,17). The van der Waals surface area contributed by atoms with E-state index < -0.39 is 17.5 Å². The van der Waals surface area contributed by atoms with Gasteiger partial charge >= 0.3 is 12.0 Å². The van der Waals surface area contributed by atoms with Crippen molar-refractivity contribution in [3.63, 3.8) is 0 Å². The molecule has 1 saturated heterocycles. The van der Waals surface area contributed by atoms with Gasteiger partial charge in [-0.25, -0.2) is 9.59 Å². The number of carboxylic acid groups (broad SMARTS) is 1. The molecule has 1 aliphatic heterocycles. The van der Waals surface area contributed by atoms with E-state index >= 15 is 0 Å². The largest absolute Gasteiger partial charge is 0.480 e. The molecule has 0 aromatic carbocycles. The van der Waals surface area contributed by atoms with Crippen LogP contribution >= 0.6 is 0 Å². The number of ether oxygens (including phenoxy) is 2. The summed E-state index contributed by atoms with van der Waals surface area (Å²) < 4.78 is 10.3. The predicted molar refractivity (Wildman–Crippen MR) is 68.0 cm³/mol. The summed E-state index contributed by atoms with van der Waals surface area (Å²) in [5, 5.41) is 14.5. The van der Waals surface area contributed by atoms with E-state index in [9.17, 15) is 14.7 Å². The number of carbonyl (C=O) groups is 2. The Kier molecular flexibility index (Phi) is 6.04. The molecule has 0 radical (unpaired) electrons. The molecule has 1 unspecified atom stereocenters. The van der Waals surface area contributed by atoms with Gasteiger partial charge < -0.3 is 25.2 Å². The van der Waals surface area contributed by atoms with E-state index in [4.69, 9.17) is 9.47 Å². The maximum atomic E-state index is 11.8. The highest BCUT2D eigenvalue weighted by molar-refractivity contribution is 5.86. The fourth-order valence-corrected chi connectivity index (χ4v) is 1.93. The second-order valence-electron chi connectivity index (χ2n) is 4.66. The maximum Gasteiger partial charge on any atom is 0.329 e. The fourth-order valence-electron chi connectivity index (χ4n) is 1.93. The third-order valence-electron chi connectivity index (χ3n) is 3.06. The Bertz CT molecular complexity index is 315. The van der Waals surface area contributed by atoms with Crippen LogP contribution in [0.15, 0.2) is 0 Å². The molecular weight excluding hydrogens is 252 g/mol. The third kappa shape index (κ3) is 4.68. The number of carboxylic acids is 1. The smallest absolute Gasteiger partial charge is 0.329 e. The summed E-state index contributed by atoms with van der Waals surface area (Å²) >= 11 is 0. The van der Waals surface area contributed by atoms with E-state index in [1.54, 1.807) is 6.92 Å². The van der Waals surface area contributed by atoms with Gasteiger partial charge in [-0.15, -0.1) is 0 Å². The van der Waals surface area contributed by atoms with Crippen LogP contribution in [0.3, 0.4) is 0 Å². The van der Waals surface area contributed by atoms with Crippen LogP contribution in [0.2, 0.25) is 0 Å². The van der Waals surface area contributed by atoms with Gasteiger partial charge in [-0.1, -0.05) is 0 Å². The van der Waals surface area contributed by atoms with Gasteiger partial charge in [0.05, 0.1) is 12.6 Å². The minimum absolute atomic E-state index is 0.175. The summed E-state index contributed by atoms with van der Waals surface area (Å²) in [6.07, 6.45) is 0.547. The van der Waals surface area contributed by atoms with Gasteiger partial charge in [-0.05, 0) is 13.8 Å². The second kappa shape index (κ2) is 7.30. The quantitative estimate of drug-likeness (QED) is 0.649. The minimum atomic E-state index is -1.23. The average Bonchev–Trinajstić information content (AvgIpc) is 2.37. The van der Waals surface area contributed by atoms with E-state index in [0.29, 0.717) is 26.4 Å². The molecular formula is C12H22N2O5. The molecule has 1 heterocycles. The first-order valence-electron chi connectivity index (χ1n) is 6.48. The molecule has 0 bridgehead atoms. The van der Waals surface area contributed by atoms with Gasteiger partial charge in [0.1, 0.15) is 5.54 Å². The van der Waals surface area contributed by atoms with Crippen molar-refractivity contribution in [1.82, 2.24) is 10.6 Å². The van der Waals surface area contributed by atoms with E-state index in [1.807, 2.05) is 6.92 Å². The Morgan fingerprint density at radius 1 is 1.42 bits per heavy atom. The molecule has 0 aliphatic carbocycles. The topological polar surface area (TPSA) is 96.9 Å². The molecule has 0 aromatic rings. The summed E-state index contributed by atoms with van der Waals surface area (Å²) in [5.74, 6) is -1.02. The molecule has 0 saturated carbocycles. The Labute approximate surface area is 112 Å². The average molecular weight is 274 g/mol. The van der Waals surface area contributed by atoms with Gasteiger partial charge in [-0.2, -0.15) is 0 Å². The van der Waals surface area contributed by atoms with Crippen LogP contribution in [0.25, 0.3) is 0 Å². The lowest BCUT2D eigenvalue weighted by molar-refractivity contribution is -0.148. The van der Waals surface area contributed by atoms with E-state index in [1.165, 1.54) is 0 Å². The number of rotatable bonds is 6. The van der Waals surface area contributed by atoms with Crippen molar-refractivity contribution < 1.29 is 24.2 Å². The summed E-state index contributed by atoms with van der Waals surface area (Å²) in [4.78, 5) is 23.2. The number of aliphatic carboxylic acids is 1. The zero-order valence-electron chi connectivity index (χ0n) is 11.4. The van der Waals surface area contributed by atoms with Crippen molar-refractivity contribution in [2.75, 3.05) is 26.4 Å². The van der Waals surface area contributed by atoms with Crippen molar-refractivity contribution in [3.05, 3.63) is 0 Å². The lowest BCUT2D eigenvalue weighted by Gasteiger charge is -2.34. The first-order chi connectivity index (χ1) is 9.00. The number of hydrogen-bond donors (Lipinski definition) is 3. The molecule has 0 aromatic heterocycles. The second-order valence-corrected chi connectivity index (χ2v) is 4.66. The van der Waals surface area contributed by atoms with Crippen LogP contribution in [0, 0.1) is 0 Å².